The van der Waals surface area contributed by atoms with Crippen molar-refractivity contribution in [3.63, 3.8) is 0 Å². The van der Waals surface area contributed by atoms with E-state index in [0.29, 0.717) is 30.4 Å². The lowest BCUT2D eigenvalue weighted by atomic mass is 10.0. The third kappa shape index (κ3) is 9.39. The van der Waals surface area contributed by atoms with Crippen LogP contribution in [0.15, 0.2) is 48.5 Å². The summed E-state index contributed by atoms with van der Waals surface area (Å²) in [6.45, 7) is -0.131. The third-order valence-corrected chi connectivity index (χ3v) is 6.83. The van der Waals surface area contributed by atoms with Crippen LogP contribution in [0, 0.1) is 10.1 Å². The first-order chi connectivity index (χ1) is 17.3. The van der Waals surface area contributed by atoms with Gasteiger partial charge in [-0.25, -0.2) is 4.79 Å². The Kier molecular flexibility index (Phi) is 9.23. The van der Waals surface area contributed by atoms with Crippen LogP contribution >= 0.6 is 0 Å². The Balaban J connectivity index is 1.61. The molecule has 1 aliphatic rings. The van der Waals surface area contributed by atoms with Crippen molar-refractivity contribution in [3.05, 3.63) is 75.3 Å². The Morgan fingerprint density at radius 2 is 1.51 bits per heavy atom. The van der Waals surface area contributed by atoms with Gasteiger partial charge in [-0.2, -0.15) is 16.8 Å². The first kappa shape index (κ1) is 28.5. The van der Waals surface area contributed by atoms with Crippen LogP contribution in [0.4, 0.5) is 10.5 Å². The van der Waals surface area contributed by atoms with Crippen molar-refractivity contribution in [2.45, 2.75) is 44.6 Å². The van der Waals surface area contributed by atoms with E-state index >= 15 is 0 Å². The molecule has 2 aromatic rings. The highest BCUT2D eigenvalue weighted by molar-refractivity contribution is 7.86. The summed E-state index contributed by atoms with van der Waals surface area (Å²) in [7, 11) is -7.27. The summed E-state index contributed by atoms with van der Waals surface area (Å²) in [5.41, 5.74) is 2.12. The van der Waals surface area contributed by atoms with Crippen LogP contribution in [-0.2, 0) is 53.0 Å². The number of carbonyl (C=O) groups excluding carboxylic acids is 1. The number of non-ortho nitro benzene ring substituents is 1. The SMILES string of the molecule is CS(=O)(=O)OCc1ccc(CC[C@@H]2C[C@@H](OS(C)(=O)=O)CN2C(=O)OCc2ccc([N+](=O)[O-])cc2)cc1. The van der Waals surface area contributed by atoms with Gasteiger partial charge in [-0.1, -0.05) is 24.3 Å². The lowest BCUT2D eigenvalue weighted by Gasteiger charge is -2.24. The molecule has 0 N–H and O–H groups in total. The first-order valence-electron chi connectivity index (χ1n) is 11.3. The molecular weight excluding hydrogens is 528 g/mol. The number of amides is 1. The Labute approximate surface area is 215 Å². The van der Waals surface area contributed by atoms with Crippen LogP contribution in [-0.4, -0.2) is 64.0 Å². The maximum absolute atomic E-state index is 12.9. The minimum atomic E-state index is -3.72. The highest BCUT2D eigenvalue weighted by atomic mass is 32.2. The van der Waals surface area contributed by atoms with E-state index in [-0.39, 0.29) is 31.5 Å². The fourth-order valence-corrected chi connectivity index (χ4v) is 4.92. The highest BCUT2D eigenvalue weighted by Crippen LogP contribution is 2.27. The molecule has 37 heavy (non-hydrogen) atoms. The number of nitro benzene ring substituents is 1. The van der Waals surface area contributed by atoms with Crippen LogP contribution in [0.5, 0.6) is 0 Å². The number of hydrogen-bond donors (Lipinski definition) is 0. The maximum atomic E-state index is 12.9. The Hall–Kier alpha value is -3.07. The van der Waals surface area contributed by atoms with Crippen LogP contribution in [0.1, 0.15) is 29.5 Å². The van der Waals surface area contributed by atoms with E-state index in [4.69, 9.17) is 13.1 Å². The topological polar surface area (TPSA) is 159 Å². The van der Waals surface area contributed by atoms with Gasteiger partial charge in [-0.15, -0.1) is 0 Å². The van der Waals surface area contributed by atoms with Crippen LogP contribution in [0.25, 0.3) is 0 Å². The predicted molar refractivity (Wildman–Crippen MR) is 133 cm³/mol. The number of benzene rings is 2. The average molecular weight is 557 g/mol. The van der Waals surface area contributed by atoms with E-state index < -0.39 is 37.4 Å². The van der Waals surface area contributed by atoms with Gasteiger partial charge in [0, 0.05) is 18.2 Å². The van der Waals surface area contributed by atoms with Crippen LogP contribution in [0.2, 0.25) is 0 Å². The first-order valence-corrected chi connectivity index (χ1v) is 14.9. The Bertz CT molecular complexity index is 1310. The van der Waals surface area contributed by atoms with Crippen molar-refractivity contribution >= 4 is 32.0 Å². The van der Waals surface area contributed by atoms with E-state index in [2.05, 4.69) is 0 Å². The summed E-state index contributed by atoms with van der Waals surface area (Å²) in [5.74, 6) is 0. The number of carbonyl (C=O) groups is 1. The molecule has 0 saturated carbocycles. The lowest BCUT2D eigenvalue weighted by molar-refractivity contribution is -0.384. The van der Waals surface area contributed by atoms with Crippen molar-refractivity contribution in [2.75, 3.05) is 19.1 Å². The van der Waals surface area contributed by atoms with Gasteiger partial charge in [0.25, 0.3) is 25.9 Å². The van der Waals surface area contributed by atoms with Gasteiger partial charge in [-0.05, 0) is 48.1 Å². The smallest absolute Gasteiger partial charge is 0.410 e. The maximum Gasteiger partial charge on any atom is 0.410 e. The van der Waals surface area contributed by atoms with Gasteiger partial charge in [0.15, 0.2) is 0 Å². The second kappa shape index (κ2) is 12.0. The number of ether oxygens (including phenoxy) is 1. The zero-order chi connectivity index (χ0) is 27.2. The summed E-state index contributed by atoms with van der Waals surface area (Å²) in [4.78, 5) is 24.6. The molecule has 1 heterocycles. The number of hydrogen-bond acceptors (Lipinski definition) is 10. The quantitative estimate of drug-likeness (QED) is 0.229. The van der Waals surface area contributed by atoms with Gasteiger partial charge in [0.2, 0.25) is 0 Å². The molecule has 202 valence electrons. The van der Waals surface area contributed by atoms with Gasteiger partial charge >= 0.3 is 6.09 Å². The van der Waals surface area contributed by atoms with Gasteiger partial charge in [-0.3, -0.25) is 18.5 Å². The van der Waals surface area contributed by atoms with Crippen molar-refractivity contribution in [3.8, 4) is 0 Å². The summed E-state index contributed by atoms with van der Waals surface area (Å²) in [6.07, 6.45) is 1.96. The molecule has 1 aliphatic heterocycles. The largest absolute Gasteiger partial charge is 0.445 e. The van der Waals surface area contributed by atoms with Crippen molar-refractivity contribution in [1.29, 1.82) is 0 Å². The normalized spacial score (nSPS) is 18.1. The van der Waals surface area contributed by atoms with E-state index in [1.807, 2.05) is 12.1 Å². The molecule has 0 aromatic heterocycles. The van der Waals surface area contributed by atoms with E-state index in [1.165, 1.54) is 29.2 Å². The number of nitro groups is 1. The molecule has 1 fully saturated rings. The molecule has 0 unspecified atom stereocenters. The summed E-state index contributed by atoms with van der Waals surface area (Å²) >= 11 is 0. The second-order valence-electron chi connectivity index (χ2n) is 8.76. The molecule has 2 aromatic carbocycles. The summed E-state index contributed by atoms with van der Waals surface area (Å²) < 4.78 is 60.9. The zero-order valence-corrected chi connectivity index (χ0v) is 21.9. The minimum Gasteiger partial charge on any atom is -0.445 e. The fourth-order valence-electron chi connectivity index (χ4n) is 3.94. The molecule has 0 spiro atoms. The number of nitrogens with zero attached hydrogens (tertiary/aromatic N) is 2. The third-order valence-electron chi connectivity index (χ3n) is 5.66. The van der Waals surface area contributed by atoms with E-state index in [0.717, 1.165) is 18.1 Å². The molecule has 2 atom stereocenters. The van der Waals surface area contributed by atoms with Gasteiger partial charge in [0.1, 0.15) is 6.61 Å². The molecule has 14 heteroatoms. The molecule has 3 rings (SSSR count). The van der Waals surface area contributed by atoms with Gasteiger partial charge in [0.05, 0.1) is 36.7 Å². The summed E-state index contributed by atoms with van der Waals surface area (Å²) in [5, 5.41) is 10.8. The standard InChI is InChI=1S/C23H28N2O10S2/c1-36(29,30)34-16-19-5-3-17(4-6-19)7-12-21-13-22(35-37(2,31)32)14-24(21)23(26)33-15-18-8-10-20(11-9-18)25(27)28/h3-6,8-11,21-22H,7,12-16H2,1-2H3/t21-,22-/m1/s1. The minimum absolute atomic E-state index is 0.0403. The van der Waals surface area contributed by atoms with Crippen molar-refractivity contribution in [2.24, 2.45) is 0 Å². The Morgan fingerprint density at radius 3 is 2.08 bits per heavy atom. The van der Waals surface area contributed by atoms with E-state index in [9.17, 15) is 31.7 Å². The molecule has 0 bridgehead atoms. The summed E-state index contributed by atoms with van der Waals surface area (Å²) in [6, 6.07) is 12.4. The van der Waals surface area contributed by atoms with E-state index in [1.54, 1.807) is 12.1 Å². The van der Waals surface area contributed by atoms with Gasteiger partial charge < -0.3 is 9.64 Å². The molecule has 1 saturated heterocycles. The van der Waals surface area contributed by atoms with Crippen LogP contribution in [0.3, 0.4) is 0 Å². The molecule has 0 aliphatic carbocycles. The molecule has 1 amide bonds. The number of likely N-dealkylation sites (tertiary alicyclic amines) is 1. The molecular formula is C23H28N2O10S2. The Morgan fingerprint density at radius 1 is 0.946 bits per heavy atom. The van der Waals surface area contributed by atoms with Crippen LogP contribution < -0.4 is 0 Å². The zero-order valence-electron chi connectivity index (χ0n) is 20.3. The second-order valence-corrected chi connectivity index (χ2v) is 12.0. The van der Waals surface area contributed by atoms with Crippen molar-refractivity contribution in [1.82, 2.24) is 4.90 Å². The molecule has 0 radical (unpaired) electrons. The lowest BCUT2D eigenvalue weighted by Crippen LogP contribution is -2.37. The monoisotopic (exact) mass is 556 g/mol. The fraction of sp³-hybridized carbons (Fsp3) is 0.435. The number of aryl methyl sites for hydroxylation is 1. The average Bonchev–Trinajstić information content (AvgIpc) is 3.21. The van der Waals surface area contributed by atoms with Crippen molar-refractivity contribution < 1.29 is 39.7 Å². The number of rotatable bonds is 11. The molecule has 12 nitrogen and oxygen atoms in total. The highest BCUT2D eigenvalue weighted by Gasteiger charge is 2.38. The predicted octanol–water partition coefficient (Wildman–Crippen LogP) is 2.76.